The van der Waals surface area contributed by atoms with Gasteiger partial charge in [-0.25, -0.2) is 14.2 Å². The number of amides is 1. The Morgan fingerprint density at radius 2 is 1.82 bits per heavy atom. The first kappa shape index (κ1) is 22.3. The van der Waals surface area contributed by atoms with E-state index in [1.54, 1.807) is 44.2 Å². The number of rotatable bonds is 5. The number of nitrogens with zero attached hydrogens (tertiary/aromatic N) is 2. The van der Waals surface area contributed by atoms with Gasteiger partial charge in [0.25, 0.3) is 5.78 Å². The highest BCUT2D eigenvalue weighted by Crippen LogP contribution is 2.43. The molecule has 1 amide bonds. The Morgan fingerprint density at radius 3 is 2.45 bits per heavy atom. The molecule has 0 spiro atoms. The highest BCUT2D eigenvalue weighted by molar-refractivity contribution is 7.17. The summed E-state index contributed by atoms with van der Waals surface area (Å²) in [6.45, 7) is 3.44. The van der Waals surface area contributed by atoms with Crippen LogP contribution in [-0.2, 0) is 14.3 Å². The molecule has 9 heteroatoms. The van der Waals surface area contributed by atoms with Crippen molar-refractivity contribution in [2.75, 3.05) is 11.5 Å². The average Bonchev–Trinajstić information content (AvgIpc) is 3.32. The van der Waals surface area contributed by atoms with Gasteiger partial charge in [0.1, 0.15) is 16.5 Å². The van der Waals surface area contributed by atoms with Crippen LogP contribution < -0.4 is 4.90 Å². The first-order valence-electron chi connectivity index (χ1n) is 10.1. The van der Waals surface area contributed by atoms with Crippen LogP contribution in [0.1, 0.15) is 39.5 Å². The number of aryl methyl sites for hydroxylation is 1. The van der Waals surface area contributed by atoms with Crippen molar-refractivity contribution < 1.29 is 28.6 Å². The van der Waals surface area contributed by atoms with Gasteiger partial charge in [0.2, 0.25) is 0 Å². The van der Waals surface area contributed by atoms with E-state index in [1.165, 1.54) is 24.3 Å². The van der Waals surface area contributed by atoms with Crippen LogP contribution in [-0.4, -0.2) is 34.4 Å². The van der Waals surface area contributed by atoms with Gasteiger partial charge in [-0.1, -0.05) is 53.8 Å². The summed E-state index contributed by atoms with van der Waals surface area (Å²) in [4.78, 5) is 44.1. The lowest BCUT2D eigenvalue weighted by Gasteiger charge is -2.23. The molecule has 33 heavy (non-hydrogen) atoms. The van der Waals surface area contributed by atoms with E-state index < -0.39 is 29.5 Å². The molecule has 1 unspecified atom stereocenters. The van der Waals surface area contributed by atoms with Gasteiger partial charge in [-0.3, -0.25) is 14.5 Å². The van der Waals surface area contributed by atoms with Crippen molar-refractivity contribution in [3.05, 3.63) is 87.7 Å². The molecule has 1 aliphatic heterocycles. The molecule has 0 bridgehead atoms. The number of aliphatic hydroxyl groups excluding tert-OH is 1. The number of aromatic nitrogens is 1. The quantitative estimate of drug-likeness (QED) is 0.259. The van der Waals surface area contributed by atoms with Crippen molar-refractivity contribution in [2.24, 2.45) is 0 Å². The zero-order valence-corrected chi connectivity index (χ0v) is 18.6. The summed E-state index contributed by atoms with van der Waals surface area (Å²) in [6, 6.07) is 12.6. The first-order valence-corrected chi connectivity index (χ1v) is 10.9. The van der Waals surface area contributed by atoms with Crippen molar-refractivity contribution >= 4 is 39.9 Å². The van der Waals surface area contributed by atoms with Crippen LogP contribution in [0.3, 0.4) is 0 Å². The fraction of sp³-hybridized carbons (Fsp3) is 0.167. The van der Waals surface area contributed by atoms with Crippen LogP contribution in [0.5, 0.6) is 0 Å². The number of carbonyl (C=O) groups excluding carboxylic acids is 3. The third-order valence-electron chi connectivity index (χ3n) is 5.13. The van der Waals surface area contributed by atoms with Crippen molar-refractivity contribution in [1.29, 1.82) is 0 Å². The standard InChI is InChI=1S/C24H19FN2O5S/c1-3-32-23(31)21-13(2)26-24(33-21)27-18(14-9-11-16(25)12-10-14)17(20(29)22(27)30)19(28)15-7-5-4-6-8-15/h4-12,18,28H,3H2,1-2H3/b19-17+. The molecule has 4 rings (SSSR count). The number of benzene rings is 2. The lowest BCUT2D eigenvalue weighted by atomic mass is 9.95. The molecule has 1 saturated heterocycles. The highest BCUT2D eigenvalue weighted by atomic mass is 32.1. The van der Waals surface area contributed by atoms with Crippen LogP contribution in [0, 0.1) is 12.7 Å². The van der Waals surface area contributed by atoms with E-state index in [4.69, 9.17) is 4.74 Å². The van der Waals surface area contributed by atoms with Gasteiger partial charge in [-0.05, 0) is 31.5 Å². The minimum atomic E-state index is -1.06. The maximum atomic E-state index is 13.6. The molecule has 2 aromatic carbocycles. The molecule has 7 nitrogen and oxygen atoms in total. The van der Waals surface area contributed by atoms with Crippen molar-refractivity contribution in [3.8, 4) is 0 Å². The second kappa shape index (κ2) is 8.95. The van der Waals surface area contributed by atoms with Crippen molar-refractivity contribution in [2.45, 2.75) is 19.9 Å². The summed E-state index contributed by atoms with van der Waals surface area (Å²) in [6.07, 6.45) is 0. The van der Waals surface area contributed by atoms with Gasteiger partial charge in [0, 0.05) is 5.56 Å². The summed E-state index contributed by atoms with van der Waals surface area (Å²) in [5, 5.41) is 11.1. The fourth-order valence-electron chi connectivity index (χ4n) is 3.61. The van der Waals surface area contributed by atoms with Gasteiger partial charge in [-0.2, -0.15) is 0 Å². The Balaban J connectivity index is 1.90. The highest BCUT2D eigenvalue weighted by Gasteiger charge is 2.48. The Kier molecular flexibility index (Phi) is 6.06. The normalized spacial score (nSPS) is 17.4. The predicted octanol–water partition coefficient (Wildman–Crippen LogP) is 4.39. The van der Waals surface area contributed by atoms with Gasteiger partial charge >= 0.3 is 11.9 Å². The largest absolute Gasteiger partial charge is 0.507 e. The van der Waals surface area contributed by atoms with E-state index in [0.717, 1.165) is 16.2 Å². The second-order valence-electron chi connectivity index (χ2n) is 7.22. The molecule has 0 aliphatic carbocycles. The van der Waals surface area contributed by atoms with Crippen molar-refractivity contribution in [3.63, 3.8) is 0 Å². The van der Waals surface area contributed by atoms with Crippen LogP contribution in [0.15, 0.2) is 60.2 Å². The molecule has 0 radical (unpaired) electrons. The number of halogens is 1. The Bertz CT molecular complexity index is 1270. The van der Waals surface area contributed by atoms with Crippen molar-refractivity contribution in [1.82, 2.24) is 4.98 Å². The molecule has 2 heterocycles. The summed E-state index contributed by atoms with van der Waals surface area (Å²) in [7, 11) is 0. The number of esters is 1. The topological polar surface area (TPSA) is 96.8 Å². The van der Waals surface area contributed by atoms with Crippen LogP contribution in [0.4, 0.5) is 9.52 Å². The second-order valence-corrected chi connectivity index (χ2v) is 8.20. The number of Topliss-reactive ketones (excluding diaryl/α,β-unsaturated/α-hetero) is 1. The van der Waals surface area contributed by atoms with E-state index in [2.05, 4.69) is 4.98 Å². The Hall–Kier alpha value is -3.85. The summed E-state index contributed by atoms with van der Waals surface area (Å²) in [5.41, 5.74) is 0.948. The number of aliphatic hydroxyl groups is 1. The lowest BCUT2D eigenvalue weighted by molar-refractivity contribution is -0.132. The average molecular weight is 466 g/mol. The third kappa shape index (κ3) is 4.03. The number of hydrogen-bond acceptors (Lipinski definition) is 7. The molecule has 1 atom stereocenters. The number of thiazole rings is 1. The van der Waals surface area contributed by atoms with Crippen LogP contribution in [0.2, 0.25) is 0 Å². The number of carbonyl (C=O) groups is 3. The zero-order chi connectivity index (χ0) is 23.7. The zero-order valence-electron chi connectivity index (χ0n) is 17.7. The SMILES string of the molecule is CCOC(=O)c1sc(N2C(=O)C(=O)/C(=C(/O)c3ccccc3)C2c2ccc(F)cc2)nc1C. The molecule has 1 aromatic heterocycles. The van der Waals surface area contributed by atoms with E-state index in [9.17, 15) is 23.9 Å². The maximum absolute atomic E-state index is 13.6. The monoisotopic (exact) mass is 466 g/mol. The first-order chi connectivity index (χ1) is 15.8. The predicted molar refractivity (Wildman–Crippen MR) is 120 cm³/mol. The van der Waals surface area contributed by atoms with E-state index >= 15 is 0 Å². The third-order valence-corrected chi connectivity index (χ3v) is 6.27. The van der Waals surface area contributed by atoms with Gasteiger partial charge in [-0.15, -0.1) is 0 Å². The number of ketones is 1. The fourth-order valence-corrected chi connectivity index (χ4v) is 4.60. The minimum Gasteiger partial charge on any atom is -0.507 e. The Labute approximate surface area is 192 Å². The van der Waals surface area contributed by atoms with Gasteiger partial charge in [0.15, 0.2) is 5.13 Å². The molecule has 168 valence electrons. The molecule has 1 N–H and O–H groups in total. The number of anilines is 1. The van der Waals surface area contributed by atoms with Crippen LogP contribution in [0.25, 0.3) is 5.76 Å². The van der Waals surface area contributed by atoms with Gasteiger partial charge < -0.3 is 9.84 Å². The summed E-state index contributed by atoms with van der Waals surface area (Å²) >= 11 is 0.911. The number of hydrogen-bond donors (Lipinski definition) is 1. The smallest absolute Gasteiger partial charge is 0.350 e. The maximum Gasteiger partial charge on any atom is 0.350 e. The molecule has 1 aliphatic rings. The van der Waals surface area contributed by atoms with E-state index in [0.29, 0.717) is 16.8 Å². The minimum absolute atomic E-state index is 0.0964. The lowest BCUT2D eigenvalue weighted by Crippen LogP contribution is -2.29. The molecule has 1 fully saturated rings. The van der Waals surface area contributed by atoms with Gasteiger partial charge in [0.05, 0.1) is 23.9 Å². The molecular weight excluding hydrogens is 447 g/mol. The van der Waals surface area contributed by atoms with Crippen LogP contribution >= 0.6 is 11.3 Å². The molecule has 3 aromatic rings. The van der Waals surface area contributed by atoms with E-state index in [-0.39, 0.29) is 27.9 Å². The summed E-state index contributed by atoms with van der Waals surface area (Å²) < 4.78 is 18.7. The number of ether oxygens (including phenoxy) is 1. The molecular formula is C24H19FN2O5S. The Morgan fingerprint density at radius 1 is 1.15 bits per heavy atom. The summed E-state index contributed by atoms with van der Waals surface area (Å²) in [5.74, 6) is -3.25. The van der Waals surface area contributed by atoms with E-state index in [1.807, 2.05) is 0 Å². The molecule has 0 saturated carbocycles.